The minimum atomic E-state index is 0.140. The van der Waals surface area contributed by atoms with Gasteiger partial charge in [0.05, 0.1) is 0 Å². The second-order valence-corrected chi connectivity index (χ2v) is 5.60. The molecule has 3 heteroatoms. The molecule has 0 amide bonds. The third kappa shape index (κ3) is 4.02. The van der Waals surface area contributed by atoms with Crippen LogP contribution in [0.4, 0.5) is 0 Å². The first kappa shape index (κ1) is 14.9. The van der Waals surface area contributed by atoms with Crippen molar-refractivity contribution < 1.29 is 9.90 Å². The van der Waals surface area contributed by atoms with E-state index in [0.717, 1.165) is 27.6 Å². The van der Waals surface area contributed by atoms with E-state index in [1.54, 1.807) is 0 Å². The molecule has 0 spiro atoms. The summed E-state index contributed by atoms with van der Waals surface area (Å²) >= 11 is 3.42. The molecule has 1 N–H and O–H groups in total. The quantitative estimate of drug-likeness (QED) is 0.626. The molecule has 0 radical (unpaired) electrons. The van der Waals surface area contributed by atoms with Crippen LogP contribution in [0.5, 0.6) is 0 Å². The highest BCUT2D eigenvalue weighted by molar-refractivity contribution is 9.10. The molecule has 0 fully saturated rings. The van der Waals surface area contributed by atoms with Crippen LogP contribution in [0.3, 0.4) is 0 Å². The van der Waals surface area contributed by atoms with Gasteiger partial charge in [0.2, 0.25) is 0 Å². The summed E-state index contributed by atoms with van der Waals surface area (Å²) in [4.78, 5) is 11.9. The molecule has 0 aromatic heterocycles. The first-order chi connectivity index (χ1) is 9.70. The lowest BCUT2D eigenvalue weighted by molar-refractivity contribution is 0.0977. The molecule has 0 heterocycles. The molecule has 2 nitrogen and oxygen atoms in total. The molecule has 104 valence electrons. The predicted octanol–water partition coefficient (Wildman–Crippen LogP) is 4.46. The van der Waals surface area contributed by atoms with E-state index >= 15 is 0 Å². The summed E-state index contributed by atoms with van der Waals surface area (Å²) in [6, 6.07) is 15.8. The third-order valence-corrected chi connectivity index (χ3v) is 3.73. The van der Waals surface area contributed by atoms with Crippen molar-refractivity contribution in [1.29, 1.82) is 0 Å². The minimum absolute atomic E-state index is 0.140. The van der Waals surface area contributed by atoms with Crippen LogP contribution in [0.2, 0.25) is 0 Å². The van der Waals surface area contributed by atoms with Crippen LogP contribution < -0.4 is 0 Å². The van der Waals surface area contributed by atoms with Crippen molar-refractivity contribution in [2.75, 3.05) is 6.61 Å². The number of aliphatic hydroxyl groups is 1. The Bertz CT molecular complexity index is 559. The highest BCUT2D eigenvalue weighted by Crippen LogP contribution is 2.22. The average Bonchev–Trinajstić information content (AvgIpc) is 2.48. The Labute approximate surface area is 127 Å². The van der Waals surface area contributed by atoms with Crippen molar-refractivity contribution in [3.8, 4) is 11.1 Å². The number of benzene rings is 2. The molecule has 20 heavy (non-hydrogen) atoms. The molecule has 0 aliphatic rings. The van der Waals surface area contributed by atoms with Gasteiger partial charge in [-0.05, 0) is 36.1 Å². The topological polar surface area (TPSA) is 37.3 Å². The van der Waals surface area contributed by atoms with Crippen LogP contribution in [0.25, 0.3) is 11.1 Å². The molecular weight excluding hydrogens is 316 g/mol. The van der Waals surface area contributed by atoms with Crippen LogP contribution in [0.15, 0.2) is 53.0 Å². The predicted molar refractivity (Wildman–Crippen MR) is 84.8 cm³/mol. The Morgan fingerprint density at radius 1 is 0.900 bits per heavy atom. The lowest BCUT2D eigenvalue weighted by Crippen LogP contribution is -1.99. The fourth-order valence-electron chi connectivity index (χ4n) is 2.03. The van der Waals surface area contributed by atoms with Crippen LogP contribution in [0, 0.1) is 0 Å². The van der Waals surface area contributed by atoms with E-state index in [9.17, 15) is 4.79 Å². The van der Waals surface area contributed by atoms with Gasteiger partial charge in [0.1, 0.15) is 0 Å². The van der Waals surface area contributed by atoms with Crippen LogP contribution >= 0.6 is 15.9 Å². The summed E-state index contributed by atoms with van der Waals surface area (Å²) in [5, 5.41) is 8.72. The van der Waals surface area contributed by atoms with E-state index in [1.165, 1.54) is 0 Å². The lowest BCUT2D eigenvalue weighted by atomic mass is 10.0. The first-order valence-electron chi connectivity index (χ1n) is 6.71. The highest BCUT2D eigenvalue weighted by Gasteiger charge is 2.06. The minimum Gasteiger partial charge on any atom is -0.396 e. The first-order valence-corrected chi connectivity index (χ1v) is 7.50. The zero-order valence-corrected chi connectivity index (χ0v) is 12.8. The number of rotatable bonds is 6. The summed E-state index contributed by atoms with van der Waals surface area (Å²) in [5.41, 5.74) is 2.97. The van der Waals surface area contributed by atoms with Gasteiger partial charge in [-0.2, -0.15) is 0 Å². The van der Waals surface area contributed by atoms with Gasteiger partial charge >= 0.3 is 0 Å². The van der Waals surface area contributed by atoms with Crippen LogP contribution in [-0.2, 0) is 0 Å². The second-order valence-electron chi connectivity index (χ2n) is 4.69. The molecule has 0 bridgehead atoms. The van der Waals surface area contributed by atoms with E-state index in [1.807, 2.05) is 48.5 Å². The molecule has 0 saturated carbocycles. The fourth-order valence-corrected chi connectivity index (χ4v) is 2.30. The van der Waals surface area contributed by atoms with Gasteiger partial charge in [0, 0.05) is 23.1 Å². The van der Waals surface area contributed by atoms with E-state index < -0.39 is 0 Å². The van der Waals surface area contributed by atoms with Crippen LogP contribution in [-0.4, -0.2) is 17.5 Å². The second kappa shape index (κ2) is 7.36. The molecule has 2 rings (SSSR count). The van der Waals surface area contributed by atoms with Gasteiger partial charge in [-0.25, -0.2) is 0 Å². The molecule has 2 aromatic rings. The van der Waals surface area contributed by atoms with Gasteiger partial charge in [-0.15, -0.1) is 0 Å². The van der Waals surface area contributed by atoms with E-state index in [4.69, 9.17) is 5.11 Å². The number of carbonyl (C=O) groups is 1. The van der Waals surface area contributed by atoms with Crippen molar-refractivity contribution in [3.05, 3.63) is 58.6 Å². The Kier molecular flexibility index (Phi) is 5.50. The molecule has 0 aliphatic carbocycles. The van der Waals surface area contributed by atoms with Gasteiger partial charge in [-0.3, -0.25) is 4.79 Å². The van der Waals surface area contributed by atoms with Crippen LogP contribution in [0.1, 0.15) is 29.6 Å². The maximum absolute atomic E-state index is 11.9. The van der Waals surface area contributed by atoms with Gasteiger partial charge < -0.3 is 5.11 Å². The largest absolute Gasteiger partial charge is 0.396 e. The number of Topliss-reactive ketones (excluding diaryl/α,β-unsaturated/α-hetero) is 1. The number of carbonyl (C=O) groups excluding carboxylic acids is 1. The highest BCUT2D eigenvalue weighted by atomic mass is 79.9. The normalized spacial score (nSPS) is 10.5. The summed E-state index contributed by atoms with van der Waals surface area (Å²) in [5.74, 6) is 0.140. The van der Waals surface area contributed by atoms with Gasteiger partial charge in [0.15, 0.2) is 5.78 Å². The molecule has 0 aliphatic heterocycles. The van der Waals surface area contributed by atoms with Crippen molar-refractivity contribution >= 4 is 21.7 Å². The molecule has 0 unspecified atom stereocenters. The molecule has 0 atom stereocenters. The summed E-state index contributed by atoms with van der Waals surface area (Å²) < 4.78 is 1.05. The van der Waals surface area contributed by atoms with Gasteiger partial charge in [0.25, 0.3) is 0 Å². The number of ketones is 1. The van der Waals surface area contributed by atoms with Crippen molar-refractivity contribution in [3.63, 3.8) is 0 Å². The monoisotopic (exact) mass is 332 g/mol. The Morgan fingerprint density at radius 2 is 1.45 bits per heavy atom. The molecule has 0 saturated heterocycles. The number of unbranched alkanes of at least 4 members (excludes halogenated alkanes) is 1. The maximum Gasteiger partial charge on any atom is 0.162 e. The fraction of sp³-hybridized carbons (Fsp3) is 0.235. The lowest BCUT2D eigenvalue weighted by Gasteiger charge is -2.04. The van der Waals surface area contributed by atoms with Gasteiger partial charge in [-0.1, -0.05) is 52.3 Å². The number of aliphatic hydroxyl groups excluding tert-OH is 1. The number of hydrogen-bond donors (Lipinski definition) is 1. The zero-order chi connectivity index (χ0) is 14.4. The Morgan fingerprint density at radius 3 is 2.00 bits per heavy atom. The van der Waals surface area contributed by atoms with Crippen molar-refractivity contribution in [1.82, 2.24) is 0 Å². The van der Waals surface area contributed by atoms with E-state index in [-0.39, 0.29) is 12.4 Å². The Balaban J connectivity index is 2.06. The van der Waals surface area contributed by atoms with Crippen molar-refractivity contribution in [2.45, 2.75) is 19.3 Å². The molecular formula is C17H17BrO2. The number of halogens is 1. The standard InChI is InChI=1S/C17H17BrO2/c18-16-10-8-14(9-11-16)13-4-6-15(7-5-13)17(20)3-1-2-12-19/h4-11,19H,1-3,12H2. The van der Waals surface area contributed by atoms with E-state index in [0.29, 0.717) is 12.8 Å². The smallest absolute Gasteiger partial charge is 0.162 e. The van der Waals surface area contributed by atoms with Crippen molar-refractivity contribution in [2.24, 2.45) is 0 Å². The number of hydrogen-bond acceptors (Lipinski definition) is 2. The zero-order valence-electron chi connectivity index (χ0n) is 11.2. The summed E-state index contributed by atoms with van der Waals surface area (Å²) in [6.07, 6.45) is 1.92. The average molecular weight is 333 g/mol. The third-order valence-electron chi connectivity index (χ3n) is 3.20. The molecule has 2 aromatic carbocycles. The summed E-state index contributed by atoms with van der Waals surface area (Å²) in [6.45, 7) is 0.149. The summed E-state index contributed by atoms with van der Waals surface area (Å²) in [7, 11) is 0. The maximum atomic E-state index is 11.9. The Hall–Kier alpha value is -1.45. The van der Waals surface area contributed by atoms with E-state index in [2.05, 4.69) is 15.9 Å². The SMILES string of the molecule is O=C(CCCCO)c1ccc(-c2ccc(Br)cc2)cc1.